The number of carboxylic acids is 1. The summed E-state index contributed by atoms with van der Waals surface area (Å²) in [6.45, 7) is -0.00374. The number of ether oxygens (including phenoxy) is 2. The highest BCUT2D eigenvalue weighted by Gasteiger charge is 2.37. The first kappa shape index (κ1) is 22.8. The van der Waals surface area contributed by atoms with Gasteiger partial charge in [0.2, 0.25) is 0 Å². The molecule has 0 aromatic heterocycles. The molecule has 2 aromatic rings. The van der Waals surface area contributed by atoms with Gasteiger partial charge in [0, 0.05) is 25.6 Å². The number of aliphatic hydroxyl groups excluding tert-OH is 1. The molecule has 3 atom stereocenters. The highest BCUT2D eigenvalue weighted by Crippen LogP contribution is 2.44. The van der Waals surface area contributed by atoms with Crippen LogP contribution in [0.4, 0.5) is 4.79 Å². The quantitative estimate of drug-likeness (QED) is 0.476. The second kappa shape index (κ2) is 10.0. The first-order valence-corrected chi connectivity index (χ1v) is 10.9. The van der Waals surface area contributed by atoms with Gasteiger partial charge in [-0.2, -0.15) is 0 Å². The van der Waals surface area contributed by atoms with Crippen molar-refractivity contribution in [3.05, 3.63) is 59.7 Å². The Hall–Kier alpha value is -3.43. The van der Waals surface area contributed by atoms with Gasteiger partial charge >= 0.3 is 12.1 Å². The van der Waals surface area contributed by atoms with E-state index in [4.69, 9.17) is 19.7 Å². The third-order valence-electron chi connectivity index (χ3n) is 6.03. The van der Waals surface area contributed by atoms with Crippen molar-refractivity contribution < 1.29 is 34.1 Å². The Morgan fingerprint density at radius 1 is 1.06 bits per heavy atom. The molecule has 4 rings (SSSR count). The van der Waals surface area contributed by atoms with Gasteiger partial charge in [-0.25, -0.2) is 9.59 Å². The van der Waals surface area contributed by atoms with Gasteiger partial charge in [-0.1, -0.05) is 48.5 Å². The summed E-state index contributed by atoms with van der Waals surface area (Å²) in [5.74, 6) is -1.99. The molecule has 2 unspecified atom stereocenters. The van der Waals surface area contributed by atoms with Crippen LogP contribution in [-0.4, -0.2) is 66.2 Å². The molecule has 2 amide bonds. The Morgan fingerprint density at radius 3 is 2.30 bits per heavy atom. The topological polar surface area (TPSA) is 134 Å². The van der Waals surface area contributed by atoms with Crippen LogP contribution >= 0.6 is 0 Å². The zero-order valence-corrected chi connectivity index (χ0v) is 17.9. The lowest BCUT2D eigenvalue weighted by Gasteiger charge is -2.22. The van der Waals surface area contributed by atoms with Crippen molar-refractivity contribution in [1.82, 2.24) is 10.6 Å². The Labute approximate surface area is 190 Å². The third-order valence-corrected chi connectivity index (χ3v) is 6.03. The zero-order valence-electron chi connectivity index (χ0n) is 17.9. The number of carboxylic acid groups (broad SMARTS) is 1. The number of aliphatic hydroxyl groups is 1. The standard InChI is InChI=1S/C24H26N2O7/c27-11-9-20(23(29)30)25-22(28)21-19(10-12-32-21)26-24(31)33-13-18-16-7-3-1-5-14(16)15-6-2-4-8-17(15)18/h1-8,18-21,27H,9-13H2,(H,25,28)(H,26,31)(H,29,30)/t19?,20-,21?/m0/s1. The van der Waals surface area contributed by atoms with Gasteiger partial charge in [0.15, 0.2) is 6.10 Å². The first-order chi connectivity index (χ1) is 16.0. The summed E-state index contributed by atoms with van der Waals surface area (Å²) in [4.78, 5) is 36.3. The van der Waals surface area contributed by atoms with Crippen LogP contribution in [-0.2, 0) is 19.1 Å². The first-order valence-electron chi connectivity index (χ1n) is 10.9. The molecule has 0 radical (unpaired) electrons. The predicted octanol–water partition coefficient (Wildman–Crippen LogP) is 1.63. The predicted molar refractivity (Wildman–Crippen MR) is 118 cm³/mol. The van der Waals surface area contributed by atoms with Crippen LogP contribution < -0.4 is 10.6 Å². The molecule has 174 valence electrons. The number of rotatable bonds is 8. The molecule has 0 bridgehead atoms. The minimum Gasteiger partial charge on any atom is -0.480 e. The number of hydrogen-bond acceptors (Lipinski definition) is 6. The molecule has 0 saturated carbocycles. The molecular formula is C24H26N2O7. The third kappa shape index (κ3) is 4.84. The van der Waals surface area contributed by atoms with Crippen LogP contribution in [0.5, 0.6) is 0 Å². The van der Waals surface area contributed by atoms with E-state index in [-0.39, 0.29) is 32.2 Å². The molecule has 2 aromatic carbocycles. The van der Waals surface area contributed by atoms with Crippen LogP contribution in [0.3, 0.4) is 0 Å². The van der Waals surface area contributed by atoms with Crippen molar-refractivity contribution in [2.24, 2.45) is 0 Å². The van der Waals surface area contributed by atoms with Crippen LogP contribution in [0.2, 0.25) is 0 Å². The summed E-state index contributed by atoms with van der Waals surface area (Å²) in [6, 6.07) is 14.1. The molecule has 9 nitrogen and oxygen atoms in total. The van der Waals surface area contributed by atoms with Gasteiger partial charge in [-0.15, -0.1) is 0 Å². The van der Waals surface area contributed by atoms with E-state index in [9.17, 15) is 14.4 Å². The van der Waals surface area contributed by atoms with Crippen molar-refractivity contribution in [3.63, 3.8) is 0 Å². The van der Waals surface area contributed by atoms with Crippen LogP contribution in [0.1, 0.15) is 29.9 Å². The summed E-state index contributed by atoms with van der Waals surface area (Å²) in [7, 11) is 0. The number of aliphatic carboxylic acids is 1. The summed E-state index contributed by atoms with van der Waals surface area (Å²) in [5, 5.41) is 23.2. The highest BCUT2D eigenvalue weighted by atomic mass is 16.6. The van der Waals surface area contributed by atoms with Crippen molar-refractivity contribution in [3.8, 4) is 11.1 Å². The fourth-order valence-electron chi connectivity index (χ4n) is 4.43. The number of hydrogen-bond donors (Lipinski definition) is 4. The van der Waals surface area contributed by atoms with Crippen LogP contribution in [0, 0.1) is 0 Å². The Bertz CT molecular complexity index is 995. The number of carbonyl (C=O) groups excluding carboxylic acids is 2. The maximum atomic E-state index is 12.5. The SMILES string of the molecule is O=C(NC1CCOC1C(=O)N[C@@H](CCO)C(=O)O)OCC1c2ccccc2-c2ccccc21. The maximum Gasteiger partial charge on any atom is 0.407 e. The molecule has 4 N–H and O–H groups in total. The van der Waals surface area contributed by atoms with E-state index in [1.165, 1.54) is 0 Å². The van der Waals surface area contributed by atoms with E-state index in [1.807, 2.05) is 36.4 Å². The summed E-state index contributed by atoms with van der Waals surface area (Å²) < 4.78 is 10.9. The Kier molecular flexibility index (Phi) is 6.90. The average molecular weight is 454 g/mol. The number of carbonyl (C=O) groups is 3. The number of benzene rings is 2. The molecular weight excluding hydrogens is 428 g/mol. The fraction of sp³-hybridized carbons (Fsp3) is 0.375. The van der Waals surface area contributed by atoms with Crippen molar-refractivity contribution in [1.29, 1.82) is 0 Å². The fourth-order valence-corrected chi connectivity index (χ4v) is 4.43. The van der Waals surface area contributed by atoms with Gasteiger partial charge < -0.3 is 30.3 Å². The Balaban J connectivity index is 1.36. The molecule has 1 aliphatic heterocycles. The van der Waals surface area contributed by atoms with E-state index in [2.05, 4.69) is 22.8 Å². The van der Waals surface area contributed by atoms with Gasteiger partial charge in [0.1, 0.15) is 12.6 Å². The molecule has 1 aliphatic carbocycles. The van der Waals surface area contributed by atoms with E-state index >= 15 is 0 Å². The van der Waals surface area contributed by atoms with Gasteiger partial charge in [0.05, 0.1) is 6.04 Å². The molecule has 9 heteroatoms. The second-order valence-corrected chi connectivity index (χ2v) is 8.07. The molecule has 1 saturated heterocycles. The average Bonchev–Trinajstić information content (AvgIpc) is 3.40. The van der Waals surface area contributed by atoms with E-state index < -0.39 is 36.2 Å². The molecule has 0 spiro atoms. The minimum atomic E-state index is -1.25. The maximum absolute atomic E-state index is 12.5. The van der Waals surface area contributed by atoms with Crippen molar-refractivity contribution in [2.75, 3.05) is 19.8 Å². The van der Waals surface area contributed by atoms with E-state index in [0.29, 0.717) is 6.42 Å². The van der Waals surface area contributed by atoms with Gasteiger partial charge in [0.25, 0.3) is 5.91 Å². The molecule has 33 heavy (non-hydrogen) atoms. The lowest BCUT2D eigenvalue weighted by molar-refractivity contribution is -0.144. The van der Waals surface area contributed by atoms with Gasteiger partial charge in [-0.3, -0.25) is 4.79 Å². The van der Waals surface area contributed by atoms with Crippen LogP contribution in [0.15, 0.2) is 48.5 Å². The molecule has 1 fully saturated rings. The van der Waals surface area contributed by atoms with Crippen LogP contribution in [0.25, 0.3) is 11.1 Å². The lowest BCUT2D eigenvalue weighted by Crippen LogP contribution is -2.52. The summed E-state index contributed by atoms with van der Waals surface area (Å²) in [5.41, 5.74) is 4.44. The smallest absolute Gasteiger partial charge is 0.407 e. The van der Waals surface area contributed by atoms with E-state index in [0.717, 1.165) is 22.3 Å². The molecule has 1 heterocycles. The normalized spacial score (nSPS) is 19.9. The number of amides is 2. The highest BCUT2D eigenvalue weighted by molar-refractivity contribution is 5.87. The lowest BCUT2D eigenvalue weighted by atomic mass is 9.98. The van der Waals surface area contributed by atoms with Crippen molar-refractivity contribution in [2.45, 2.75) is 36.9 Å². The van der Waals surface area contributed by atoms with E-state index in [1.54, 1.807) is 0 Å². The number of alkyl carbamates (subject to hydrolysis) is 1. The van der Waals surface area contributed by atoms with Crippen molar-refractivity contribution >= 4 is 18.0 Å². The Morgan fingerprint density at radius 2 is 1.70 bits per heavy atom. The largest absolute Gasteiger partial charge is 0.480 e. The minimum absolute atomic E-state index is 0.0862. The summed E-state index contributed by atoms with van der Waals surface area (Å²) in [6.07, 6.45) is -1.44. The second-order valence-electron chi connectivity index (χ2n) is 8.07. The number of nitrogens with one attached hydrogen (secondary N) is 2. The molecule has 2 aliphatic rings. The van der Waals surface area contributed by atoms with Gasteiger partial charge in [-0.05, 0) is 28.7 Å². The monoisotopic (exact) mass is 454 g/mol. The number of fused-ring (bicyclic) bond motifs is 3. The zero-order chi connectivity index (χ0) is 23.4. The summed E-state index contributed by atoms with van der Waals surface area (Å²) >= 11 is 0.